The Kier molecular flexibility index (Phi) is 11.6. The van der Waals surface area contributed by atoms with E-state index in [0.717, 1.165) is 70.2 Å². The van der Waals surface area contributed by atoms with Gasteiger partial charge in [0.2, 0.25) is 0 Å². The molecule has 1 fully saturated rings. The number of hydrogen-bond acceptors (Lipinski definition) is 3. The van der Waals surface area contributed by atoms with Gasteiger partial charge in [-0.05, 0) is 44.7 Å². The van der Waals surface area contributed by atoms with E-state index in [2.05, 4.69) is 22.1 Å². The lowest BCUT2D eigenvalue weighted by Crippen LogP contribution is -2.47. The van der Waals surface area contributed by atoms with Crippen molar-refractivity contribution in [2.24, 2.45) is 4.99 Å². The maximum absolute atomic E-state index is 5.71. The van der Waals surface area contributed by atoms with Gasteiger partial charge in [0.1, 0.15) is 5.75 Å². The molecule has 0 spiro atoms. The van der Waals surface area contributed by atoms with Crippen molar-refractivity contribution in [2.75, 3.05) is 39.9 Å². The second-order valence-corrected chi connectivity index (χ2v) is 5.98. The zero-order valence-electron chi connectivity index (χ0n) is 15.4. The first-order chi connectivity index (χ1) is 11.8. The number of nitrogens with one attached hydrogen (secondary N) is 1. The first-order valence-electron chi connectivity index (χ1n) is 9.08. The highest BCUT2D eigenvalue weighted by Gasteiger charge is 2.21. The van der Waals surface area contributed by atoms with Crippen molar-refractivity contribution >= 4 is 29.9 Å². The fourth-order valence-corrected chi connectivity index (χ4v) is 2.94. The van der Waals surface area contributed by atoms with Crippen LogP contribution in [0.2, 0.25) is 0 Å². The number of ether oxygens (including phenoxy) is 2. The number of guanidine groups is 1. The zero-order valence-corrected chi connectivity index (χ0v) is 17.8. The van der Waals surface area contributed by atoms with Crippen LogP contribution < -0.4 is 10.1 Å². The summed E-state index contributed by atoms with van der Waals surface area (Å²) in [4.78, 5) is 6.74. The Morgan fingerprint density at radius 2 is 1.92 bits per heavy atom. The van der Waals surface area contributed by atoms with Gasteiger partial charge in [0.25, 0.3) is 0 Å². The number of hydrogen-bond donors (Lipinski definition) is 1. The Bertz CT molecular complexity index is 477. The number of likely N-dealkylation sites (tertiary alicyclic amines) is 1. The van der Waals surface area contributed by atoms with Crippen molar-refractivity contribution in [1.82, 2.24) is 10.2 Å². The molecule has 1 aromatic rings. The molecule has 0 saturated carbocycles. The van der Waals surface area contributed by atoms with Gasteiger partial charge in [0, 0.05) is 33.3 Å². The van der Waals surface area contributed by atoms with Gasteiger partial charge in [-0.15, -0.1) is 24.0 Å². The minimum atomic E-state index is 0. The normalized spacial score (nSPS) is 15.6. The molecule has 142 valence electrons. The Balaban J connectivity index is 0.00000312. The predicted octanol–water partition coefficient (Wildman–Crippen LogP) is 3.54. The molecule has 1 saturated heterocycles. The third-order valence-electron chi connectivity index (χ3n) is 4.22. The van der Waals surface area contributed by atoms with Crippen molar-refractivity contribution in [3.63, 3.8) is 0 Å². The fraction of sp³-hybridized carbons (Fsp3) is 0.632. The Hall–Kier alpha value is -1.02. The average Bonchev–Trinajstić information content (AvgIpc) is 2.63. The van der Waals surface area contributed by atoms with E-state index in [1.165, 1.54) is 0 Å². The standard InChI is InChI=1S/C19H31N3O2.HI/c1-3-23-18-11-14-22(15-12-18)19(20-2)21-13-7-8-16-24-17-9-5-4-6-10-17;/h4-6,9-10,18H,3,7-8,11-16H2,1-2H3,(H,20,21);1H. The number of para-hydroxylation sites is 1. The lowest BCUT2D eigenvalue weighted by Gasteiger charge is -2.34. The topological polar surface area (TPSA) is 46.1 Å². The Morgan fingerprint density at radius 3 is 2.56 bits per heavy atom. The first-order valence-corrected chi connectivity index (χ1v) is 9.08. The molecule has 0 amide bonds. The highest BCUT2D eigenvalue weighted by atomic mass is 127. The van der Waals surface area contributed by atoms with Crippen LogP contribution in [0.15, 0.2) is 35.3 Å². The summed E-state index contributed by atoms with van der Waals surface area (Å²) < 4.78 is 11.4. The molecular formula is C19H32IN3O2. The fourth-order valence-electron chi connectivity index (χ4n) is 2.94. The third kappa shape index (κ3) is 8.27. The molecule has 1 N–H and O–H groups in total. The molecule has 2 rings (SSSR count). The number of aliphatic imine (C=N–C) groups is 1. The van der Waals surface area contributed by atoms with Crippen molar-refractivity contribution in [2.45, 2.75) is 38.7 Å². The van der Waals surface area contributed by atoms with Crippen LogP contribution in [-0.4, -0.2) is 56.9 Å². The van der Waals surface area contributed by atoms with Crippen molar-refractivity contribution in [3.8, 4) is 5.75 Å². The summed E-state index contributed by atoms with van der Waals surface area (Å²) in [5.74, 6) is 1.95. The van der Waals surface area contributed by atoms with Crippen LogP contribution in [0.25, 0.3) is 0 Å². The van der Waals surface area contributed by atoms with Crippen LogP contribution in [0.5, 0.6) is 5.75 Å². The maximum atomic E-state index is 5.71. The second-order valence-electron chi connectivity index (χ2n) is 5.98. The van der Waals surface area contributed by atoms with E-state index in [1.807, 2.05) is 37.4 Å². The number of unbranched alkanes of at least 4 members (excludes halogenated alkanes) is 1. The van der Waals surface area contributed by atoms with Gasteiger partial charge in [-0.3, -0.25) is 4.99 Å². The number of nitrogens with zero attached hydrogens (tertiary/aromatic N) is 2. The monoisotopic (exact) mass is 461 g/mol. The maximum Gasteiger partial charge on any atom is 0.193 e. The van der Waals surface area contributed by atoms with E-state index in [9.17, 15) is 0 Å². The summed E-state index contributed by atoms with van der Waals surface area (Å²) >= 11 is 0. The molecule has 0 atom stereocenters. The SMILES string of the molecule is CCOC1CCN(C(=NC)NCCCCOc2ccccc2)CC1.I. The number of rotatable bonds is 8. The van der Waals surface area contributed by atoms with Crippen LogP contribution in [-0.2, 0) is 4.74 Å². The largest absolute Gasteiger partial charge is 0.494 e. The number of benzene rings is 1. The predicted molar refractivity (Wildman–Crippen MR) is 114 cm³/mol. The van der Waals surface area contributed by atoms with Crippen molar-refractivity contribution < 1.29 is 9.47 Å². The molecular weight excluding hydrogens is 429 g/mol. The van der Waals surface area contributed by atoms with E-state index in [4.69, 9.17) is 9.47 Å². The average molecular weight is 461 g/mol. The van der Waals surface area contributed by atoms with Crippen LogP contribution in [0.1, 0.15) is 32.6 Å². The van der Waals surface area contributed by atoms with Crippen LogP contribution in [0.4, 0.5) is 0 Å². The lowest BCUT2D eigenvalue weighted by atomic mass is 10.1. The van der Waals surface area contributed by atoms with E-state index in [1.54, 1.807) is 0 Å². The van der Waals surface area contributed by atoms with Crippen LogP contribution in [0, 0.1) is 0 Å². The highest BCUT2D eigenvalue weighted by Crippen LogP contribution is 2.13. The van der Waals surface area contributed by atoms with Crippen LogP contribution in [0.3, 0.4) is 0 Å². The van der Waals surface area contributed by atoms with E-state index < -0.39 is 0 Å². The second kappa shape index (κ2) is 13.2. The summed E-state index contributed by atoms with van der Waals surface area (Å²) in [5, 5.41) is 3.46. The molecule has 0 unspecified atom stereocenters. The highest BCUT2D eigenvalue weighted by molar-refractivity contribution is 14.0. The minimum Gasteiger partial charge on any atom is -0.494 e. The van der Waals surface area contributed by atoms with Gasteiger partial charge in [-0.2, -0.15) is 0 Å². The smallest absolute Gasteiger partial charge is 0.193 e. The van der Waals surface area contributed by atoms with Crippen molar-refractivity contribution in [3.05, 3.63) is 30.3 Å². The lowest BCUT2D eigenvalue weighted by molar-refractivity contribution is 0.0264. The molecule has 1 aromatic carbocycles. The Labute approximate surface area is 169 Å². The molecule has 1 aliphatic rings. The summed E-state index contributed by atoms with van der Waals surface area (Å²) in [6, 6.07) is 9.97. The van der Waals surface area contributed by atoms with Gasteiger partial charge in [0.15, 0.2) is 5.96 Å². The Morgan fingerprint density at radius 1 is 1.20 bits per heavy atom. The third-order valence-corrected chi connectivity index (χ3v) is 4.22. The minimum absolute atomic E-state index is 0. The van der Waals surface area contributed by atoms with E-state index >= 15 is 0 Å². The van der Waals surface area contributed by atoms with Gasteiger partial charge < -0.3 is 19.7 Å². The quantitative estimate of drug-likeness (QED) is 0.279. The number of piperidine rings is 1. The molecule has 0 radical (unpaired) electrons. The molecule has 25 heavy (non-hydrogen) atoms. The molecule has 1 aliphatic heterocycles. The van der Waals surface area contributed by atoms with Gasteiger partial charge in [0.05, 0.1) is 12.7 Å². The molecule has 0 aliphatic carbocycles. The first kappa shape index (κ1) is 22.0. The molecule has 6 heteroatoms. The van der Waals surface area contributed by atoms with Gasteiger partial charge in [-0.1, -0.05) is 18.2 Å². The molecule has 0 aromatic heterocycles. The van der Waals surface area contributed by atoms with E-state index in [0.29, 0.717) is 6.10 Å². The van der Waals surface area contributed by atoms with E-state index in [-0.39, 0.29) is 24.0 Å². The van der Waals surface area contributed by atoms with Crippen molar-refractivity contribution in [1.29, 1.82) is 0 Å². The van der Waals surface area contributed by atoms with Crippen LogP contribution >= 0.6 is 24.0 Å². The zero-order chi connectivity index (χ0) is 17.0. The molecule has 0 bridgehead atoms. The van der Waals surface area contributed by atoms with Gasteiger partial charge >= 0.3 is 0 Å². The number of halogens is 1. The molecule has 5 nitrogen and oxygen atoms in total. The summed E-state index contributed by atoms with van der Waals surface area (Å²) in [6.45, 7) is 6.58. The van der Waals surface area contributed by atoms with Gasteiger partial charge in [-0.25, -0.2) is 0 Å². The summed E-state index contributed by atoms with van der Waals surface area (Å²) in [6.07, 6.45) is 4.69. The summed E-state index contributed by atoms with van der Waals surface area (Å²) in [7, 11) is 1.86. The molecule has 1 heterocycles. The summed E-state index contributed by atoms with van der Waals surface area (Å²) in [5.41, 5.74) is 0.